The van der Waals surface area contributed by atoms with Crippen LogP contribution in [0.4, 0.5) is 19.0 Å². The molecule has 3 aromatic rings. The number of halogens is 3. The van der Waals surface area contributed by atoms with Gasteiger partial charge in [0.1, 0.15) is 17.4 Å². The third kappa shape index (κ3) is 5.53. The standard InChI is InChI=1S/C27H27F3N4O3/c1-36-21-4-2-3-18(15-21)16-24-31-23-9-10-34(17-22(23)25(32-24)33-11-13-37-14-12-33)26(35)19-5-7-20(8-6-19)27(28,29)30/h2-8,15H,9-14,16-17H2,1H3. The second-order valence-corrected chi connectivity index (χ2v) is 9.07. The first-order valence-corrected chi connectivity index (χ1v) is 12.1. The molecule has 0 bridgehead atoms. The van der Waals surface area contributed by atoms with Crippen molar-refractivity contribution in [3.05, 3.63) is 82.3 Å². The van der Waals surface area contributed by atoms with Gasteiger partial charge in [-0.3, -0.25) is 4.79 Å². The number of nitrogens with zero attached hydrogens (tertiary/aromatic N) is 4. The molecular weight excluding hydrogens is 485 g/mol. The minimum Gasteiger partial charge on any atom is -0.497 e. The number of hydrogen-bond donors (Lipinski definition) is 0. The van der Waals surface area contributed by atoms with E-state index in [9.17, 15) is 18.0 Å². The van der Waals surface area contributed by atoms with Crippen molar-refractivity contribution >= 4 is 11.7 Å². The highest BCUT2D eigenvalue weighted by Gasteiger charge is 2.32. The highest BCUT2D eigenvalue weighted by molar-refractivity contribution is 5.94. The van der Waals surface area contributed by atoms with Gasteiger partial charge in [-0.25, -0.2) is 9.97 Å². The molecule has 7 nitrogen and oxygen atoms in total. The number of methoxy groups -OCH3 is 1. The van der Waals surface area contributed by atoms with Gasteiger partial charge in [0.2, 0.25) is 0 Å². The Hall–Kier alpha value is -3.66. The lowest BCUT2D eigenvalue weighted by Gasteiger charge is -2.34. The average molecular weight is 513 g/mol. The van der Waals surface area contributed by atoms with E-state index in [-0.39, 0.29) is 11.5 Å². The monoisotopic (exact) mass is 512 g/mol. The van der Waals surface area contributed by atoms with E-state index in [0.717, 1.165) is 40.5 Å². The lowest BCUT2D eigenvalue weighted by molar-refractivity contribution is -0.137. The lowest BCUT2D eigenvalue weighted by atomic mass is 10.0. The van der Waals surface area contributed by atoms with E-state index in [4.69, 9.17) is 19.4 Å². The fraction of sp³-hybridized carbons (Fsp3) is 0.370. The van der Waals surface area contributed by atoms with E-state index in [1.165, 1.54) is 12.1 Å². The van der Waals surface area contributed by atoms with Crippen molar-refractivity contribution in [2.75, 3.05) is 44.9 Å². The van der Waals surface area contributed by atoms with Crippen LogP contribution >= 0.6 is 0 Å². The van der Waals surface area contributed by atoms with Crippen LogP contribution in [0.5, 0.6) is 5.75 Å². The molecule has 1 aromatic heterocycles. The van der Waals surface area contributed by atoms with Gasteiger partial charge in [0.25, 0.3) is 5.91 Å². The smallest absolute Gasteiger partial charge is 0.416 e. The zero-order chi connectivity index (χ0) is 26.0. The largest absolute Gasteiger partial charge is 0.497 e. The van der Waals surface area contributed by atoms with Gasteiger partial charge in [-0.15, -0.1) is 0 Å². The molecule has 0 saturated carbocycles. The van der Waals surface area contributed by atoms with Crippen molar-refractivity contribution in [1.29, 1.82) is 0 Å². The zero-order valence-electron chi connectivity index (χ0n) is 20.4. The summed E-state index contributed by atoms with van der Waals surface area (Å²) >= 11 is 0. The molecular formula is C27H27F3N4O3. The molecule has 0 N–H and O–H groups in total. The number of carbonyl (C=O) groups is 1. The highest BCUT2D eigenvalue weighted by Crippen LogP contribution is 2.31. The molecule has 2 aliphatic heterocycles. The number of alkyl halides is 3. The van der Waals surface area contributed by atoms with E-state index >= 15 is 0 Å². The van der Waals surface area contributed by atoms with E-state index in [0.29, 0.717) is 58.1 Å². The van der Waals surface area contributed by atoms with Crippen LogP contribution in [-0.4, -0.2) is 60.7 Å². The van der Waals surface area contributed by atoms with Gasteiger partial charge in [0.05, 0.1) is 38.1 Å². The van der Waals surface area contributed by atoms with E-state index in [2.05, 4.69) is 4.90 Å². The van der Waals surface area contributed by atoms with Gasteiger partial charge in [0, 0.05) is 43.6 Å². The quantitative estimate of drug-likeness (QED) is 0.512. The maximum atomic E-state index is 13.2. The molecule has 5 rings (SSSR count). The first-order valence-electron chi connectivity index (χ1n) is 12.1. The number of fused-ring (bicyclic) bond motifs is 1. The first kappa shape index (κ1) is 25.0. The van der Waals surface area contributed by atoms with Gasteiger partial charge in [0.15, 0.2) is 0 Å². The molecule has 2 aliphatic rings. The molecule has 0 unspecified atom stereocenters. The Morgan fingerprint density at radius 1 is 1.05 bits per heavy atom. The van der Waals surface area contributed by atoms with Gasteiger partial charge in [-0.2, -0.15) is 13.2 Å². The SMILES string of the molecule is COc1cccc(Cc2nc3c(c(N4CCOCC4)n2)CN(C(=O)c2ccc(C(F)(F)F)cc2)CC3)c1. The minimum atomic E-state index is -4.45. The first-order chi connectivity index (χ1) is 17.8. The van der Waals surface area contributed by atoms with Crippen LogP contribution in [0.1, 0.15) is 38.6 Å². The van der Waals surface area contributed by atoms with E-state index in [1.807, 2.05) is 24.3 Å². The van der Waals surface area contributed by atoms with Gasteiger partial charge < -0.3 is 19.3 Å². The van der Waals surface area contributed by atoms with Gasteiger partial charge >= 0.3 is 6.18 Å². The summed E-state index contributed by atoms with van der Waals surface area (Å²) in [5.41, 5.74) is 2.25. The predicted octanol–water partition coefficient (Wildman–Crippen LogP) is 4.13. The molecule has 3 heterocycles. The third-order valence-corrected chi connectivity index (χ3v) is 6.64. The second kappa shape index (κ2) is 10.4. The highest BCUT2D eigenvalue weighted by atomic mass is 19.4. The van der Waals surface area contributed by atoms with E-state index in [1.54, 1.807) is 12.0 Å². The number of rotatable bonds is 5. The van der Waals surface area contributed by atoms with Crippen LogP contribution in [0.2, 0.25) is 0 Å². The molecule has 1 saturated heterocycles. The van der Waals surface area contributed by atoms with Crippen molar-refractivity contribution in [3.63, 3.8) is 0 Å². The maximum absolute atomic E-state index is 13.2. The van der Waals surface area contributed by atoms with Crippen LogP contribution in [0.3, 0.4) is 0 Å². The Bertz CT molecular complexity index is 1270. The summed E-state index contributed by atoms with van der Waals surface area (Å²) in [7, 11) is 1.63. The van der Waals surface area contributed by atoms with Crippen LogP contribution in [0.25, 0.3) is 0 Å². The van der Waals surface area contributed by atoms with Crippen LogP contribution in [0, 0.1) is 0 Å². The summed E-state index contributed by atoms with van der Waals surface area (Å²) < 4.78 is 49.7. The molecule has 0 atom stereocenters. The second-order valence-electron chi connectivity index (χ2n) is 9.07. The fourth-order valence-corrected chi connectivity index (χ4v) is 4.69. The molecule has 1 amide bonds. The molecule has 0 aliphatic carbocycles. The molecule has 0 spiro atoms. The van der Waals surface area contributed by atoms with Crippen molar-refractivity contribution < 1.29 is 27.4 Å². The predicted molar refractivity (Wildman–Crippen MR) is 131 cm³/mol. The van der Waals surface area contributed by atoms with Crippen molar-refractivity contribution in [2.45, 2.75) is 25.6 Å². The summed E-state index contributed by atoms with van der Waals surface area (Å²) in [5.74, 6) is 1.93. The minimum absolute atomic E-state index is 0.222. The molecule has 2 aromatic carbocycles. The number of morpholine rings is 1. The maximum Gasteiger partial charge on any atom is 0.416 e. The number of benzene rings is 2. The van der Waals surface area contributed by atoms with E-state index < -0.39 is 11.7 Å². The average Bonchev–Trinajstić information content (AvgIpc) is 2.92. The number of anilines is 1. The van der Waals surface area contributed by atoms with Crippen molar-refractivity contribution in [3.8, 4) is 5.75 Å². The molecule has 0 radical (unpaired) electrons. The number of ether oxygens (including phenoxy) is 2. The third-order valence-electron chi connectivity index (χ3n) is 6.64. The summed E-state index contributed by atoms with van der Waals surface area (Å²) in [6.45, 7) is 3.23. The Balaban J connectivity index is 1.43. The Labute approximate surface area is 212 Å². The summed E-state index contributed by atoms with van der Waals surface area (Å²) in [6.07, 6.45) is -3.37. The number of hydrogen-bond acceptors (Lipinski definition) is 6. The number of amides is 1. The van der Waals surface area contributed by atoms with Crippen LogP contribution in [0.15, 0.2) is 48.5 Å². The molecule has 37 heavy (non-hydrogen) atoms. The van der Waals surface area contributed by atoms with Crippen molar-refractivity contribution in [2.24, 2.45) is 0 Å². The Morgan fingerprint density at radius 3 is 2.51 bits per heavy atom. The molecule has 1 fully saturated rings. The topological polar surface area (TPSA) is 67.8 Å². The van der Waals surface area contributed by atoms with Gasteiger partial charge in [-0.05, 0) is 42.0 Å². The normalized spacial score (nSPS) is 15.9. The summed E-state index contributed by atoms with van der Waals surface area (Å²) in [6, 6.07) is 12.1. The number of carbonyl (C=O) groups excluding carboxylic acids is 1. The fourth-order valence-electron chi connectivity index (χ4n) is 4.69. The van der Waals surface area contributed by atoms with Gasteiger partial charge in [-0.1, -0.05) is 12.1 Å². The zero-order valence-corrected chi connectivity index (χ0v) is 20.4. The molecule has 10 heteroatoms. The Kier molecular flexibility index (Phi) is 7.01. The number of aromatic nitrogens is 2. The lowest BCUT2D eigenvalue weighted by Crippen LogP contribution is -2.41. The molecule has 194 valence electrons. The Morgan fingerprint density at radius 2 is 1.81 bits per heavy atom. The summed E-state index contributed by atoms with van der Waals surface area (Å²) in [5, 5.41) is 0. The van der Waals surface area contributed by atoms with Crippen LogP contribution < -0.4 is 9.64 Å². The summed E-state index contributed by atoms with van der Waals surface area (Å²) in [4.78, 5) is 26.8. The van der Waals surface area contributed by atoms with Crippen LogP contribution in [-0.2, 0) is 30.3 Å². The van der Waals surface area contributed by atoms with Crippen molar-refractivity contribution in [1.82, 2.24) is 14.9 Å².